The van der Waals surface area contributed by atoms with Crippen LogP contribution < -0.4 is 11.1 Å². The van der Waals surface area contributed by atoms with Gasteiger partial charge in [0.2, 0.25) is 5.91 Å². The molecule has 1 aromatic carbocycles. The first-order valence-electron chi connectivity index (χ1n) is 6.54. The summed E-state index contributed by atoms with van der Waals surface area (Å²) in [5.74, 6) is -0.419. The molecule has 0 aliphatic heterocycles. The molecule has 0 radical (unpaired) electrons. The highest BCUT2D eigenvalue weighted by Gasteiger charge is 2.23. The van der Waals surface area contributed by atoms with E-state index in [4.69, 9.17) is 5.73 Å². The van der Waals surface area contributed by atoms with Crippen LogP contribution in [0.3, 0.4) is 0 Å². The number of carbonyl (C=O) groups is 1. The Bertz CT molecular complexity index is 581. The number of aryl methyl sites for hydroxylation is 2. The second kappa shape index (κ2) is 7.54. The fourth-order valence-corrected chi connectivity index (χ4v) is 2.69. The molecule has 1 heterocycles. The average Bonchev–Trinajstić information content (AvgIpc) is 2.76. The number of carbonyl (C=O) groups excluding carboxylic acids is 1. The third-order valence-corrected chi connectivity index (χ3v) is 4.38. The highest BCUT2D eigenvalue weighted by Crippen LogP contribution is 2.24. The van der Waals surface area contributed by atoms with Gasteiger partial charge in [-0.15, -0.1) is 23.7 Å². The molecule has 0 fully saturated rings. The fraction of sp³-hybridized carbons (Fsp3) is 0.333. The molecule has 0 saturated heterocycles. The predicted octanol–water partition coefficient (Wildman–Crippen LogP) is 3.46. The third kappa shape index (κ3) is 4.27. The summed E-state index contributed by atoms with van der Waals surface area (Å²) in [5.41, 5.74) is 8.06. The van der Waals surface area contributed by atoms with Crippen molar-refractivity contribution in [2.75, 3.05) is 5.32 Å². The number of benzene rings is 1. The number of amides is 1. The van der Waals surface area contributed by atoms with Crippen LogP contribution in [0.25, 0.3) is 0 Å². The van der Waals surface area contributed by atoms with Crippen molar-refractivity contribution in [2.45, 2.75) is 26.8 Å². The monoisotopic (exact) mass is 325 g/mol. The van der Waals surface area contributed by atoms with E-state index in [2.05, 4.69) is 10.3 Å². The number of nitrogens with one attached hydrogen (secondary N) is 1. The van der Waals surface area contributed by atoms with Gasteiger partial charge >= 0.3 is 0 Å². The largest absolute Gasteiger partial charge is 0.323 e. The van der Waals surface area contributed by atoms with Gasteiger partial charge in [-0.2, -0.15) is 0 Å². The van der Waals surface area contributed by atoms with E-state index in [1.807, 2.05) is 51.1 Å². The van der Waals surface area contributed by atoms with Gasteiger partial charge in [0.1, 0.15) is 0 Å². The molecule has 2 unspecified atom stereocenters. The average molecular weight is 326 g/mol. The van der Waals surface area contributed by atoms with Gasteiger partial charge in [0, 0.05) is 10.9 Å². The maximum atomic E-state index is 12.2. The Kier molecular flexibility index (Phi) is 6.33. The van der Waals surface area contributed by atoms with Crippen LogP contribution in [0, 0.1) is 19.8 Å². The molecule has 6 heteroatoms. The Morgan fingerprint density at radius 1 is 1.29 bits per heavy atom. The number of anilines is 1. The molecule has 3 N–H and O–H groups in total. The van der Waals surface area contributed by atoms with Gasteiger partial charge in [0.05, 0.1) is 11.6 Å². The molecule has 0 saturated carbocycles. The Balaban J connectivity index is 0.00000220. The summed E-state index contributed by atoms with van der Waals surface area (Å²) in [7, 11) is 0. The first-order valence-corrected chi connectivity index (χ1v) is 7.36. The molecule has 4 nitrogen and oxygen atoms in total. The van der Waals surface area contributed by atoms with Gasteiger partial charge in [-0.25, -0.2) is 4.98 Å². The van der Waals surface area contributed by atoms with Crippen LogP contribution in [0.15, 0.2) is 30.3 Å². The van der Waals surface area contributed by atoms with Crippen LogP contribution in [-0.2, 0) is 4.79 Å². The normalized spacial score (nSPS) is 13.1. The van der Waals surface area contributed by atoms with Gasteiger partial charge in [0.25, 0.3) is 0 Å². The molecule has 0 spiro atoms. The summed E-state index contributed by atoms with van der Waals surface area (Å²) >= 11 is 1.48. The number of aromatic nitrogens is 1. The Labute approximate surface area is 135 Å². The maximum Gasteiger partial charge on any atom is 0.230 e. The quantitative estimate of drug-likeness (QED) is 0.904. The SMILES string of the molecule is Cc1nc(NC(=O)C(C)C(N)c2ccccc2)sc1C.Cl. The van der Waals surface area contributed by atoms with E-state index in [9.17, 15) is 4.79 Å². The minimum absolute atomic E-state index is 0. The van der Waals surface area contributed by atoms with Crippen LogP contribution in [0.1, 0.15) is 29.1 Å². The molecule has 0 aliphatic rings. The molecule has 2 atom stereocenters. The van der Waals surface area contributed by atoms with Crippen LogP contribution in [0.5, 0.6) is 0 Å². The zero-order valence-corrected chi connectivity index (χ0v) is 13.9. The molecule has 0 bridgehead atoms. The third-order valence-electron chi connectivity index (χ3n) is 3.40. The number of halogens is 1. The molecule has 0 aliphatic carbocycles. The predicted molar refractivity (Wildman–Crippen MR) is 90.0 cm³/mol. The van der Waals surface area contributed by atoms with Crippen molar-refractivity contribution in [3.05, 3.63) is 46.5 Å². The van der Waals surface area contributed by atoms with Crippen molar-refractivity contribution >= 4 is 34.8 Å². The summed E-state index contributed by atoms with van der Waals surface area (Å²) in [4.78, 5) is 17.6. The lowest BCUT2D eigenvalue weighted by Gasteiger charge is -2.19. The van der Waals surface area contributed by atoms with E-state index in [0.29, 0.717) is 5.13 Å². The van der Waals surface area contributed by atoms with Gasteiger partial charge in [-0.1, -0.05) is 37.3 Å². The highest BCUT2D eigenvalue weighted by atomic mass is 35.5. The zero-order valence-electron chi connectivity index (χ0n) is 12.3. The summed E-state index contributed by atoms with van der Waals surface area (Å²) in [5, 5.41) is 3.48. The number of nitrogens with zero attached hydrogens (tertiary/aromatic N) is 1. The van der Waals surface area contributed by atoms with Gasteiger partial charge in [-0.05, 0) is 19.4 Å². The smallest absolute Gasteiger partial charge is 0.230 e. The summed E-state index contributed by atoms with van der Waals surface area (Å²) in [6, 6.07) is 9.33. The molecule has 21 heavy (non-hydrogen) atoms. The van der Waals surface area contributed by atoms with Gasteiger partial charge < -0.3 is 11.1 Å². The second-order valence-corrected chi connectivity index (χ2v) is 6.08. The Morgan fingerprint density at radius 2 is 1.90 bits per heavy atom. The first-order chi connectivity index (χ1) is 9.49. The van der Waals surface area contributed by atoms with Crippen LogP contribution in [-0.4, -0.2) is 10.9 Å². The molecular weight excluding hydrogens is 306 g/mol. The number of nitrogens with two attached hydrogens (primary N) is 1. The number of hydrogen-bond acceptors (Lipinski definition) is 4. The number of thiazole rings is 1. The van der Waals surface area contributed by atoms with E-state index in [1.54, 1.807) is 0 Å². The van der Waals surface area contributed by atoms with Crippen molar-refractivity contribution in [1.29, 1.82) is 0 Å². The van der Waals surface area contributed by atoms with E-state index in [0.717, 1.165) is 16.1 Å². The molecule has 2 aromatic rings. The van der Waals surface area contributed by atoms with E-state index < -0.39 is 0 Å². The van der Waals surface area contributed by atoms with Crippen molar-refractivity contribution in [3.8, 4) is 0 Å². The second-order valence-electron chi connectivity index (χ2n) is 4.88. The lowest BCUT2D eigenvalue weighted by atomic mass is 9.95. The highest BCUT2D eigenvalue weighted by molar-refractivity contribution is 7.15. The number of rotatable bonds is 4. The zero-order chi connectivity index (χ0) is 14.7. The molecule has 2 rings (SSSR count). The molecular formula is C15H20ClN3OS. The number of hydrogen-bond donors (Lipinski definition) is 2. The maximum absolute atomic E-state index is 12.2. The first kappa shape index (κ1) is 17.6. The Morgan fingerprint density at radius 3 is 2.43 bits per heavy atom. The van der Waals surface area contributed by atoms with Crippen molar-refractivity contribution in [3.63, 3.8) is 0 Å². The topological polar surface area (TPSA) is 68.0 Å². The minimum Gasteiger partial charge on any atom is -0.323 e. The van der Waals surface area contributed by atoms with Crippen LogP contribution >= 0.6 is 23.7 Å². The van der Waals surface area contributed by atoms with Gasteiger partial charge in [0.15, 0.2) is 5.13 Å². The van der Waals surface area contributed by atoms with E-state index >= 15 is 0 Å². The molecule has 1 amide bonds. The Hall–Kier alpha value is -1.43. The van der Waals surface area contributed by atoms with Crippen molar-refractivity contribution < 1.29 is 4.79 Å². The van der Waals surface area contributed by atoms with Gasteiger partial charge in [-0.3, -0.25) is 4.79 Å². The van der Waals surface area contributed by atoms with E-state index in [-0.39, 0.29) is 30.3 Å². The minimum atomic E-state index is -0.321. The lowest BCUT2D eigenvalue weighted by Crippen LogP contribution is -2.30. The van der Waals surface area contributed by atoms with Crippen molar-refractivity contribution in [2.24, 2.45) is 11.7 Å². The van der Waals surface area contributed by atoms with Crippen LogP contribution in [0.4, 0.5) is 5.13 Å². The summed E-state index contributed by atoms with van der Waals surface area (Å²) in [6.45, 7) is 5.75. The lowest BCUT2D eigenvalue weighted by molar-refractivity contribution is -0.120. The van der Waals surface area contributed by atoms with E-state index in [1.165, 1.54) is 11.3 Å². The van der Waals surface area contributed by atoms with Crippen LogP contribution in [0.2, 0.25) is 0 Å². The molecule has 1 aromatic heterocycles. The van der Waals surface area contributed by atoms with Crippen molar-refractivity contribution in [1.82, 2.24) is 4.98 Å². The standard InChI is InChI=1S/C15H19N3OS.ClH/c1-9(13(16)12-7-5-4-6-8-12)14(19)18-15-17-10(2)11(3)20-15;/h4-9,13H,16H2,1-3H3,(H,17,18,19);1H. The fourth-order valence-electron chi connectivity index (χ4n) is 1.87. The molecule has 114 valence electrons. The summed E-state index contributed by atoms with van der Waals surface area (Å²) in [6.07, 6.45) is 0. The summed E-state index contributed by atoms with van der Waals surface area (Å²) < 4.78 is 0.